The Morgan fingerprint density at radius 3 is 2.61 bits per heavy atom. The average Bonchev–Trinajstić information content (AvgIpc) is 3.96. The molecule has 5 heterocycles. The number of hydrogen-bond acceptors (Lipinski definition) is 14. The van der Waals surface area contributed by atoms with Gasteiger partial charge in [0, 0.05) is 61.0 Å². The maximum absolute atomic E-state index is 13.6. The van der Waals surface area contributed by atoms with Crippen LogP contribution in [-0.2, 0) is 27.4 Å². The number of phenols is 2. The summed E-state index contributed by atoms with van der Waals surface area (Å²) < 4.78 is 13.5. The summed E-state index contributed by atoms with van der Waals surface area (Å²) in [4.78, 5) is 43.4. The van der Waals surface area contributed by atoms with Crippen LogP contribution in [0.4, 0.5) is 5.69 Å². The quantitative estimate of drug-likeness (QED) is 0.0614. The van der Waals surface area contributed by atoms with Crippen LogP contribution in [0.5, 0.6) is 17.2 Å². The monoisotopic (exact) mass is 842 g/mol. The van der Waals surface area contributed by atoms with E-state index in [1.54, 1.807) is 19.2 Å². The van der Waals surface area contributed by atoms with Crippen molar-refractivity contribution in [2.24, 2.45) is 10.9 Å². The van der Waals surface area contributed by atoms with Gasteiger partial charge in [0.15, 0.2) is 11.2 Å². The lowest BCUT2D eigenvalue weighted by molar-refractivity contribution is -0.793. The fourth-order valence-corrected chi connectivity index (χ4v) is 9.23. The van der Waals surface area contributed by atoms with Gasteiger partial charge in [-0.2, -0.15) is 0 Å². The molecule has 9 unspecified atom stereocenters. The molecule has 1 aromatic heterocycles. The summed E-state index contributed by atoms with van der Waals surface area (Å²) in [6.07, 6.45) is 0.647. The smallest absolute Gasteiger partial charge is 0.222 e. The second-order valence-corrected chi connectivity index (χ2v) is 17.0. The number of aryl methyl sites for hydroxylation is 1. The van der Waals surface area contributed by atoms with Crippen LogP contribution in [0.25, 0.3) is 21.7 Å². The van der Waals surface area contributed by atoms with Gasteiger partial charge in [-0.3, -0.25) is 19.5 Å². The standard InChI is InChI=1S/C45H51N3O13/c1-4-33-29-10-12-46-32(29)20-48(33)39-41-26(15-31-35(52)13-23(2)59-42(31)39)16-37(44(3,60-41)11-9-24-14-38(54)47-19-24)61-58-22-45(57,43(56)40(55)36(53)21-49)18-25-5-8-34(51)28-7-6-27(50)17-30(25)28/h5-8,10,12-13,15,17,20,24,33,36-37,40,43,49-51,53,55-57H,4,9,11,14,16,18-19,21-22H2,1-3H3,(H,47,54)/p+1. The minimum atomic E-state index is -2.40. The maximum Gasteiger partial charge on any atom is 0.222 e. The molecule has 16 heteroatoms. The number of aliphatic hydroxyl groups is 5. The molecule has 4 aromatic rings. The third kappa shape index (κ3) is 7.94. The molecule has 0 aliphatic carbocycles. The number of ether oxygens (including phenoxy) is 1. The van der Waals surface area contributed by atoms with Gasteiger partial charge >= 0.3 is 0 Å². The number of aliphatic imine (C=N–C) groups is 1. The van der Waals surface area contributed by atoms with Gasteiger partial charge in [0.25, 0.3) is 0 Å². The van der Waals surface area contributed by atoms with Crippen molar-refractivity contribution < 1.29 is 64.4 Å². The molecule has 324 valence electrons. The highest BCUT2D eigenvalue weighted by Crippen LogP contribution is 2.46. The molecular formula is C45H52N3O13+. The van der Waals surface area contributed by atoms with E-state index >= 15 is 0 Å². The van der Waals surface area contributed by atoms with Crippen LogP contribution in [-0.4, -0.2) is 109 Å². The Labute approximate surface area is 350 Å². The van der Waals surface area contributed by atoms with Gasteiger partial charge in [-0.05, 0) is 80.0 Å². The molecule has 1 amide bonds. The summed E-state index contributed by atoms with van der Waals surface area (Å²) in [6.45, 7) is 4.47. The Hall–Kier alpha value is -5.17. The van der Waals surface area contributed by atoms with Gasteiger partial charge in [-0.25, -0.2) is 9.78 Å². The van der Waals surface area contributed by atoms with Gasteiger partial charge in [-0.1, -0.05) is 13.0 Å². The van der Waals surface area contributed by atoms with Crippen molar-refractivity contribution >= 4 is 39.6 Å². The number of amides is 1. The number of nitrogens with one attached hydrogen (secondary N) is 2. The first-order valence-corrected chi connectivity index (χ1v) is 20.6. The molecule has 16 nitrogen and oxygen atoms in total. The van der Waals surface area contributed by atoms with Gasteiger partial charge in [0.05, 0.1) is 12.0 Å². The molecule has 3 aromatic carbocycles. The van der Waals surface area contributed by atoms with Crippen molar-refractivity contribution in [3.05, 3.63) is 93.1 Å². The number of carbonyl (C=O) groups is 1. The number of nitrogens with zero attached hydrogens (tertiary/aromatic N) is 1. The molecule has 4 aliphatic rings. The van der Waals surface area contributed by atoms with Crippen LogP contribution in [0.2, 0.25) is 0 Å². The molecule has 4 aliphatic heterocycles. The van der Waals surface area contributed by atoms with Gasteiger partial charge in [0.1, 0.15) is 77.4 Å². The molecular weight excluding hydrogens is 791 g/mol. The topological polar surface area (TPSA) is 245 Å². The lowest BCUT2D eigenvalue weighted by atomic mass is 9.83. The number of allylic oxidation sites excluding steroid dienone is 1. The van der Waals surface area contributed by atoms with Crippen molar-refractivity contribution in [3.8, 4) is 17.2 Å². The number of fused-ring (bicyclic) bond motifs is 4. The van der Waals surface area contributed by atoms with Crippen LogP contribution < -0.4 is 20.4 Å². The van der Waals surface area contributed by atoms with Crippen molar-refractivity contribution in [2.75, 3.05) is 19.8 Å². The molecule has 9 N–H and O–H groups in total. The maximum atomic E-state index is 13.6. The van der Waals surface area contributed by atoms with Crippen LogP contribution >= 0.6 is 0 Å². The summed E-state index contributed by atoms with van der Waals surface area (Å²) >= 11 is 0. The number of aliphatic hydroxyl groups excluding tert-OH is 4. The van der Waals surface area contributed by atoms with E-state index < -0.39 is 55.3 Å². The fourth-order valence-electron chi connectivity index (χ4n) is 9.23. The molecule has 1 saturated heterocycles. The molecule has 0 bridgehead atoms. The molecule has 0 radical (unpaired) electrons. The largest absolute Gasteiger partial charge is 0.508 e. The van der Waals surface area contributed by atoms with Crippen LogP contribution in [0.15, 0.2) is 80.2 Å². The SMILES string of the molecule is CCC1C2=CC=NC2=C[NH+]1c1c2c(cc3c(=O)cc(C)oc13)CC(OOCC(O)(Cc1ccc(O)c3ccc(O)cc13)C(O)C(O)C(O)CO)C(C)(CCC1CNC(=O)C1)O2. The minimum Gasteiger partial charge on any atom is -0.508 e. The van der Waals surface area contributed by atoms with Crippen LogP contribution in [0, 0.1) is 12.8 Å². The summed E-state index contributed by atoms with van der Waals surface area (Å²) in [5.74, 6) is 0.702. The highest BCUT2D eigenvalue weighted by molar-refractivity contribution is 5.92. The van der Waals surface area contributed by atoms with Crippen molar-refractivity contribution in [1.29, 1.82) is 0 Å². The zero-order valence-corrected chi connectivity index (χ0v) is 34.1. The van der Waals surface area contributed by atoms with Crippen molar-refractivity contribution in [2.45, 2.75) is 101 Å². The molecule has 1 fully saturated rings. The Morgan fingerprint density at radius 1 is 1.07 bits per heavy atom. The highest BCUT2D eigenvalue weighted by atomic mass is 17.2. The normalized spacial score (nSPS) is 25.7. The zero-order chi connectivity index (χ0) is 43.4. The van der Waals surface area contributed by atoms with E-state index in [4.69, 9.17) is 18.9 Å². The zero-order valence-electron chi connectivity index (χ0n) is 34.1. The van der Waals surface area contributed by atoms with Gasteiger partial charge < -0.3 is 50.2 Å². The summed E-state index contributed by atoms with van der Waals surface area (Å²) in [7, 11) is 0. The van der Waals surface area contributed by atoms with E-state index in [1.807, 2.05) is 19.2 Å². The van der Waals surface area contributed by atoms with Crippen molar-refractivity contribution in [1.82, 2.24) is 5.32 Å². The first kappa shape index (κ1) is 42.5. The number of aromatic hydroxyl groups is 2. The predicted octanol–water partition coefficient (Wildman–Crippen LogP) is 1.80. The number of phenolic OH excluding ortho intramolecular Hbond substituents is 2. The molecule has 8 rings (SSSR count). The Bertz CT molecular complexity index is 2520. The average molecular weight is 843 g/mol. The fraction of sp³-hybridized carbons (Fsp3) is 0.444. The first-order valence-electron chi connectivity index (χ1n) is 20.6. The van der Waals surface area contributed by atoms with E-state index in [0.717, 1.165) is 22.6 Å². The number of hydrogen-bond donors (Lipinski definition) is 9. The number of benzene rings is 3. The van der Waals surface area contributed by atoms with Gasteiger partial charge in [0.2, 0.25) is 17.2 Å². The highest BCUT2D eigenvalue weighted by Gasteiger charge is 2.50. The lowest BCUT2D eigenvalue weighted by Crippen LogP contribution is -3.05. The third-order valence-corrected chi connectivity index (χ3v) is 12.7. The van der Waals surface area contributed by atoms with E-state index in [9.17, 15) is 45.3 Å². The Balaban J connectivity index is 1.16. The second-order valence-electron chi connectivity index (χ2n) is 17.0. The summed E-state index contributed by atoms with van der Waals surface area (Å²) in [5, 5.41) is 79.2. The van der Waals surface area contributed by atoms with Crippen LogP contribution in [0.3, 0.4) is 0 Å². The minimum absolute atomic E-state index is 0.0227. The molecule has 0 saturated carbocycles. The van der Waals surface area contributed by atoms with E-state index in [-0.39, 0.29) is 41.2 Å². The number of carbonyl (C=O) groups excluding carboxylic acids is 1. The third-order valence-electron chi connectivity index (χ3n) is 12.7. The number of quaternary nitrogens is 1. The molecule has 0 spiro atoms. The molecule has 9 atom stereocenters. The van der Waals surface area contributed by atoms with E-state index in [1.165, 1.54) is 36.4 Å². The van der Waals surface area contributed by atoms with E-state index in [0.29, 0.717) is 75.9 Å². The van der Waals surface area contributed by atoms with Gasteiger partial charge in [-0.15, -0.1) is 0 Å². The van der Waals surface area contributed by atoms with E-state index in [2.05, 4.69) is 17.2 Å². The Morgan fingerprint density at radius 2 is 1.87 bits per heavy atom. The predicted molar refractivity (Wildman–Crippen MR) is 222 cm³/mol. The lowest BCUT2D eigenvalue weighted by Gasteiger charge is -2.43. The van der Waals surface area contributed by atoms with Crippen molar-refractivity contribution in [3.63, 3.8) is 0 Å². The number of rotatable bonds is 15. The Kier molecular flexibility index (Phi) is 11.6. The summed E-state index contributed by atoms with van der Waals surface area (Å²) in [5.41, 5.74) is 0.0984. The molecule has 61 heavy (non-hydrogen) atoms. The first-order chi connectivity index (χ1) is 29.1. The van der Waals surface area contributed by atoms with Crippen LogP contribution in [0.1, 0.15) is 56.4 Å². The second kappa shape index (κ2) is 16.6. The summed E-state index contributed by atoms with van der Waals surface area (Å²) in [6, 6.07) is 10.2.